The standard InChI is InChI=1S/C14H24Cl2Si2/c1-17(2,3)13(15)11-7-9-12(10-8-11)14(16)18(4,5)6/h7-10,13-14H,1-6H3. The van der Waals surface area contributed by atoms with Crippen LogP contribution in [-0.4, -0.2) is 16.1 Å². The molecule has 0 radical (unpaired) electrons. The molecular formula is C14H24Cl2Si2. The van der Waals surface area contributed by atoms with Gasteiger partial charge >= 0.3 is 0 Å². The third kappa shape index (κ3) is 4.12. The molecule has 2 unspecified atom stereocenters. The molecule has 2 atom stereocenters. The molecule has 0 spiro atoms. The van der Waals surface area contributed by atoms with Crippen LogP contribution in [0.5, 0.6) is 0 Å². The lowest BCUT2D eigenvalue weighted by molar-refractivity contribution is 1.21. The normalized spacial score (nSPS) is 16.4. The predicted octanol–water partition coefficient (Wildman–Crippen LogP) is 6.00. The Kier molecular flexibility index (Phi) is 5.16. The lowest BCUT2D eigenvalue weighted by Gasteiger charge is -2.26. The van der Waals surface area contributed by atoms with Crippen LogP contribution in [0.15, 0.2) is 24.3 Å². The molecule has 1 aromatic rings. The van der Waals surface area contributed by atoms with Crippen molar-refractivity contribution in [3.63, 3.8) is 0 Å². The third-order valence-corrected chi connectivity index (χ3v) is 11.2. The highest BCUT2D eigenvalue weighted by Gasteiger charge is 2.28. The molecule has 0 aliphatic carbocycles. The summed E-state index contributed by atoms with van der Waals surface area (Å²) in [7, 11) is -2.68. The van der Waals surface area contributed by atoms with Crippen molar-refractivity contribution in [3.05, 3.63) is 35.4 Å². The first-order valence-corrected chi connectivity index (χ1v) is 14.4. The predicted molar refractivity (Wildman–Crippen MR) is 90.3 cm³/mol. The molecule has 0 aliphatic rings. The van der Waals surface area contributed by atoms with Gasteiger partial charge in [-0.1, -0.05) is 63.5 Å². The van der Waals surface area contributed by atoms with Crippen LogP contribution in [0.25, 0.3) is 0 Å². The zero-order chi connectivity index (χ0) is 14.1. The van der Waals surface area contributed by atoms with Crippen molar-refractivity contribution in [2.75, 3.05) is 0 Å². The van der Waals surface area contributed by atoms with Crippen LogP contribution in [0.3, 0.4) is 0 Å². The van der Waals surface area contributed by atoms with Crippen LogP contribution in [-0.2, 0) is 0 Å². The van der Waals surface area contributed by atoms with Crippen LogP contribution in [0.2, 0.25) is 39.3 Å². The van der Waals surface area contributed by atoms with E-state index >= 15 is 0 Å². The van der Waals surface area contributed by atoms with Crippen LogP contribution in [0.1, 0.15) is 21.1 Å². The maximum Gasteiger partial charge on any atom is 0.0704 e. The van der Waals surface area contributed by atoms with Gasteiger partial charge in [-0.05, 0) is 11.1 Å². The van der Waals surface area contributed by atoms with Crippen molar-refractivity contribution in [3.8, 4) is 0 Å². The van der Waals surface area contributed by atoms with E-state index in [1.807, 2.05) is 0 Å². The lowest BCUT2D eigenvalue weighted by atomic mass is 10.2. The van der Waals surface area contributed by atoms with E-state index in [-0.39, 0.29) is 10.0 Å². The van der Waals surface area contributed by atoms with Gasteiger partial charge in [0.05, 0.1) is 26.1 Å². The molecule has 0 N–H and O–H groups in total. The highest BCUT2D eigenvalue weighted by molar-refractivity contribution is 6.84. The average Bonchev–Trinajstić information content (AvgIpc) is 2.25. The second-order valence-electron chi connectivity index (χ2n) is 7.12. The van der Waals surface area contributed by atoms with Gasteiger partial charge in [-0.2, -0.15) is 0 Å². The van der Waals surface area contributed by atoms with Gasteiger partial charge in [-0.15, -0.1) is 23.2 Å². The van der Waals surface area contributed by atoms with E-state index in [2.05, 4.69) is 63.5 Å². The number of alkyl halides is 2. The van der Waals surface area contributed by atoms with E-state index < -0.39 is 16.1 Å². The van der Waals surface area contributed by atoms with E-state index in [1.165, 1.54) is 11.1 Å². The maximum atomic E-state index is 6.54. The first kappa shape index (κ1) is 16.3. The average molecular weight is 319 g/mol. The van der Waals surface area contributed by atoms with E-state index in [4.69, 9.17) is 23.2 Å². The molecule has 0 saturated carbocycles. The Labute approximate surface area is 124 Å². The Morgan fingerprint density at radius 2 is 0.889 bits per heavy atom. The summed E-state index contributed by atoms with van der Waals surface area (Å²) in [6, 6.07) is 8.61. The summed E-state index contributed by atoms with van der Waals surface area (Å²) in [4.78, 5) is 0. The number of rotatable bonds is 4. The SMILES string of the molecule is C[Si](C)(C)C(Cl)c1ccc(C(Cl)[Si](C)(C)C)cc1. The van der Waals surface area contributed by atoms with Gasteiger partial charge in [0.25, 0.3) is 0 Å². The number of hydrogen-bond donors (Lipinski definition) is 0. The number of benzene rings is 1. The molecule has 0 amide bonds. The van der Waals surface area contributed by atoms with Crippen molar-refractivity contribution < 1.29 is 0 Å². The molecule has 0 heterocycles. The quantitative estimate of drug-likeness (QED) is 0.471. The van der Waals surface area contributed by atoms with Crippen LogP contribution in [0, 0.1) is 0 Å². The third-order valence-electron chi connectivity index (χ3n) is 3.04. The van der Waals surface area contributed by atoms with Crippen LogP contribution < -0.4 is 0 Å². The van der Waals surface area contributed by atoms with Crippen LogP contribution in [0.4, 0.5) is 0 Å². The van der Waals surface area contributed by atoms with Gasteiger partial charge in [0, 0.05) is 0 Å². The van der Waals surface area contributed by atoms with Gasteiger partial charge in [0.2, 0.25) is 0 Å². The summed E-state index contributed by atoms with van der Waals surface area (Å²) in [6.45, 7) is 13.8. The van der Waals surface area contributed by atoms with E-state index in [1.54, 1.807) is 0 Å². The Bertz CT molecular complexity index is 349. The van der Waals surface area contributed by atoms with Crippen molar-refractivity contribution in [2.45, 2.75) is 49.3 Å². The first-order chi connectivity index (χ1) is 8.03. The summed E-state index contributed by atoms with van der Waals surface area (Å²) in [5.41, 5.74) is 2.47. The summed E-state index contributed by atoms with van der Waals surface area (Å²) in [5.74, 6) is 0. The van der Waals surface area contributed by atoms with Gasteiger partial charge in [0.15, 0.2) is 0 Å². The van der Waals surface area contributed by atoms with Gasteiger partial charge in [-0.3, -0.25) is 0 Å². The van der Waals surface area contributed by atoms with E-state index in [9.17, 15) is 0 Å². The number of halogens is 2. The fourth-order valence-electron chi connectivity index (χ4n) is 1.83. The summed E-state index contributed by atoms with van der Waals surface area (Å²) in [5, 5.41) is 0.347. The smallest absolute Gasteiger partial charge is 0.0704 e. The Morgan fingerprint density at radius 3 is 1.06 bits per heavy atom. The van der Waals surface area contributed by atoms with E-state index in [0.29, 0.717) is 0 Å². The number of hydrogen-bond acceptors (Lipinski definition) is 0. The molecule has 0 aliphatic heterocycles. The fourth-order valence-corrected chi connectivity index (χ4v) is 4.51. The molecule has 0 fully saturated rings. The highest BCUT2D eigenvalue weighted by atomic mass is 35.5. The Balaban J connectivity index is 2.94. The molecule has 0 bridgehead atoms. The van der Waals surface area contributed by atoms with Crippen molar-refractivity contribution >= 4 is 39.3 Å². The van der Waals surface area contributed by atoms with E-state index in [0.717, 1.165) is 0 Å². The summed E-state index contributed by atoms with van der Waals surface area (Å²) in [6.07, 6.45) is 0. The molecule has 0 aromatic heterocycles. The van der Waals surface area contributed by atoms with Gasteiger partial charge in [0.1, 0.15) is 0 Å². The molecule has 1 rings (SSSR count). The molecule has 0 nitrogen and oxygen atoms in total. The lowest BCUT2D eigenvalue weighted by Crippen LogP contribution is -2.28. The van der Waals surface area contributed by atoms with Crippen molar-refractivity contribution in [1.29, 1.82) is 0 Å². The second-order valence-corrected chi connectivity index (χ2v) is 19.3. The van der Waals surface area contributed by atoms with Crippen molar-refractivity contribution in [2.24, 2.45) is 0 Å². The molecule has 0 saturated heterocycles. The molecular weight excluding hydrogens is 295 g/mol. The molecule has 4 heteroatoms. The summed E-state index contributed by atoms with van der Waals surface area (Å²) >= 11 is 13.1. The monoisotopic (exact) mass is 318 g/mol. The largest absolute Gasteiger partial charge is 0.122 e. The van der Waals surface area contributed by atoms with Gasteiger partial charge < -0.3 is 0 Å². The zero-order valence-electron chi connectivity index (χ0n) is 12.2. The minimum Gasteiger partial charge on any atom is -0.122 e. The minimum absolute atomic E-state index is 0.173. The van der Waals surface area contributed by atoms with Crippen molar-refractivity contribution in [1.82, 2.24) is 0 Å². The minimum atomic E-state index is -1.34. The van der Waals surface area contributed by atoms with Crippen LogP contribution >= 0.6 is 23.2 Å². The zero-order valence-corrected chi connectivity index (χ0v) is 15.7. The Hall–Kier alpha value is 0.234. The topological polar surface area (TPSA) is 0 Å². The Morgan fingerprint density at radius 1 is 0.667 bits per heavy atom. The molecule has 102 valence electrons. The second kappa shape index (κ2) is 5.70. The maximum absolute atomic E-state index is 6.54. The first-order valence-electron chi connectivity index (χ1n) is 6.41. The highest BCUT2D eigenvalue weighted by Crippen LogP contribution is 2.34. The summed E-state index contributed by atoms with van der Waals surface area (Å²) < 4.78 is 0. The fraction of sp³-hybridized carbons (Fsp3) is 0.571. The molecule has 18 heavy (non-hydrogen) atoms. The van der Waals surface area contributed by atoms with Gasteiger partial charge in [-0.25, -0.2) is 0 Å². The molecule has 1 aromatic carbocycles.